The Morgan fingerprint density at radius 1 is 1.33 bits per heavy atom. The normalized spacial score (nSPS) is 17.4. The van der Waals surface area contributed by atoms with Gasteiger partial charge in [-0.3, -0.25) is 0 Å². The first-order valence-electron chi connectivity index (χ1n) is 5.23. The number of aromatic nitrogens is 3. The molecule has 1 aliphatic rings. The minimum Gasteiger partial charge on any atom is -0.467 e. The molecule has 18 heavy (non-hydrogen) atoms. The van der Waals surface area contributed by atoms with Crippen LogP contribution in [0.15, 0.2) is 6.33 Å². The number of hydrogen-bond acceptors (Lipinski definition) is 6. The Balaban J connectivity index is 0.00000144. The maximum absolute atomic E-state index is 5.63. The smallest absolute Gasteiger partial charge is 0.320 e. The first-order chi connectivity index (χ1) is 7.61. The van der Waals surface area contributed by atoms with Crippen LogP contribution >= 0.6 is 24.8 Å². The minimum atomic E-state index is -0.169. The largest absolute Gasteiger partial charge is 0.467 e. The van der Waals surface area contributed by atoms with Gasteiger partial charge >= 0.3 is 6.01 Å². The van der Waals surface area contributed by atoms with Crippen LogP contribution in [-0.4, -0.2) is 47.4 Å². The van der Waals surface area contributed by atoms with Crippen molar-refractivity contribution in [1.29, 1.82) is 0 Å². The lowest BCUT2D eigenvalue weighted by Crippen LogP contribution is -2.49. The second-order valence-corrected chi connectivity index (χ2v) is 4.30. The Bertz CT molecular complexity index is 379. The molecule has 1 aromatic heterocycles. The van der Waals surface area contributed by atoms with Gasteiger partial charge in [-0.25, -0.2) is 4.98 Å². The van der Waals surface area contributed by atoms with Crippen molar-refractivity contribution in [1.82, 2.24) is 15.0 Å². The fraction of sp³-hybridized carbons (Fsp3) is 0.700. The lowest BCUT2D eigenvalue weighted by Gasteiger charge is -2.37. The molecular weight excluding hydrogens is 279 g/mol. The van der Waals surface area contributed by atoms with Gasteiger partial charge in [-0.2, -0.15) is 9.97 Å². The van der Waals surface area contributed by atoms with Crippen LogP contribution in [0, 0.1) is 0 Å². The van der Waals surface area contributed by atoms with Gasteiger partial charge in [-0.05, 0) is 13.8 Å². The summed E-state index contributed by atoms with van der Waals surface area (Å²) in [6.45, 7) is 6.34. The molecule has 0 atom stereocenters. The molecule has 1 aromatic rings. The van der Waals surface area contributed by atoms with Gasteiger partial charge in [0.1, 0.15) is 6.33 Å². The van der Waals surface area contributed by atoms with Crippen molar-refractivity contribution in [2.45, 2.75) is 19.4 Å². The van der Waals surface area contributed by atoms with Gasteiger partial charge in [0.05, 0.1) is 19.3 Å². The van der Waals surface area contributed by atoms with Gasteiger partial charge < -0.3 is 14.4 Å². The molecule has 0 bridgehead atoms. The molecule has 8 heteroatoms. The SMILES string of the molecule is COc1ncnc(N2CCOC(C)(C)C2)n1.Cl.Cl. The van der Waals surface area contributed by atoms with Crippen molar-refractivity contribution in [3.05, 3.63) is 6.33 Å². The second kappa shape index (κ2) is 6.92. The predicted octanol–water partition coefficient (Wildman–Crippen LogP) is 1.34. The highest BCUT2D eigenvalue weighted by molar-refractivity contribution is 5.85. The van der Waals surface area contributed by atoms with E-state index in [1.165, 1.54) is 6.33 Å². The summed E-state index contributed by atoms with van der Waals surface area (Å²) in [4.78, 5) is 14.3. The van der Waals surface area contributed by atoms with Crippen molar-refractivity contribution in [3.63, 3.8) is 0 Å². The first-order valence-corrected chi connectivity index (χ1v) is 5.23. The van der Waals surface area contributed by atoms with Crippen LogP contribution in [0.4, 0.5) is 5.95 Å². The Kier molecular flexibility index (Phi) is 6.59. The number of anilines is 1. The van der Waals surface area contributed by atoms with Gasteiger partial charge in [0.15, 0.2) is 0 Å². The fourth-order valence-corrected chi connectivity index (χ4v) is 1.71. The monoisotopic (exact) mass is 296 g/mol. The Hall–Kier alpha value is -0.850. The third-order valence-electron chi connectivity index (χ3n) is 2.43. The molecule has 2 rings (SSSR count). The highest BCUT2D eigenvalue weighted by Gasteiger charge is 2.28. The molecule has 0 aromatic carbocycles. The van der Waals surface area contributed by atoms with Crippen molar-refractivity contribution >= 4 is 30.8 Å². The molecule has 6 nitrogen and oxygen atoms in total. The maximum Gasteiger partial charge on any atom is 0.320 e. The lowest BCUT2D eigenvalue weighted by atomic mass is 10.1. The van der Waals surface area contributed by atoms with Gasteiger partial charge in [-0.1, -0.05) is 0 Å². The Morgan fingerprint density at radius 3 is 2.67 bits per heavy atom. The highest BCUT2D eigenvalue weighted by Crippen LogP contribution is 2.20. The topological polar surface area (TPSA) is 60.4 Å². The first kappa shape index (κ1) is 17.2. The molecule has 1 aliphatic heterocycles. The molecular formula is C10H18Cl2N4O2. The highest BCUT2D eigenvalue weighted by atomic mass is 35.5. The molecule has 104 valence electrons. The van der Waals surface area contributed by atoms with Crippen molar-refractivity contribution in [2.75, 3.05) is 31.7 Å². The van der Waals surface area contributed by atoms with E-state index in [4.69, 9.17) is 9.47 Å². The average molecular weight is 297 g/mol. The fourth-order valence-electron chi connectivity index (χ4n) is 1.71. The molecule has 0 N–H and O–H groups in total. The summed E-state index contributed by atoms with van der Waals surface area (Å²) in [5.74, 6) is 0.642. The number of morpholine rings is 1. The van der Waals surface area contributed by atoms with E-state index in [0.29, 0.717) is 18.6 Å². The van der Waals surface area contributed by atoms with E-state index in [-0.39, 0.29) is 30.4 Å². The summed E-state index contributed by atoms with van der Waals surface area (Å²) in [6.07, 6.45) is 1.46. The molecule has 0 amide bonds. The van der Waals surface area contributed by atoms with E-state index >= 15 is 0 Å². The van der Waals surface area contributed by atoms with E-state index in [9.17, 15) is 0 Å². The molecule has 0 spiro atoms. The second-order valence-electron chi connectivity index (χ2n) is 4.30. The minimum absolute atomic E-state index is 0. The molecule has 1 fully saturated rings. The van der Waals surface area contributed by atoms with Gasteiger partial charge in [-0.15, -0.1) is 24.8 Å². The zero-order valence-corrected chi connectivity index (χ0v) is 12.3. The maximum atomic E-state index is 5.63. The summed E-state index contributed by atoms with van der Waals surface area (Å²) in [5.41, 5.74) is -0.169. The number of methoxy groups -OCH3 is 1. The van der Waals surface area contributed by atoms with Crippen LogP contribution < -0.4 is 9.64 Å². The quantitative estimate of drug-likeness (QED) is 0.821. The Labute approximate surface area is 119 Å². The van der Waals surface area contributed by atoms with Gasteiger partial charge in [0.2, 0.25) is 5.95 Å². The number of ether oxygens (including phenoxy) is 2. The summed E-state index contributed by atoms with van der Waals surface area (Å²) >= 11 is 0. The summed E-state index contributed by atoms with van der Waals surface area (Å²) in [5, 5.41) is 0. The molecule has 1 saturated heterocycles. The van der Waals surface area contributed by atoms with Crippen molar-refractivity contribution < 1.29 is 9.47 Å². The van der Waals surface area contributed by atoms with Crippen LogP contribution in [0.25, 0.3) is 0 Å². The van der Waals surface area contributed by atoms with E-state index in [1.54, 1.807) is 7.11 Å². The van der Waals surface area contributed by atoms with Crippen LogP contribution in [0.1, 0.15) is 13.8 Å². The van der Waals surface area contributed by atoms with E-state index < -0.39 is 0 Å². The summed E-state index contributed by atoms with van der Waals surface area (Å²) in [6, 6.07) is 0.342. The number of hydrogen-bond donors (Lipinski definition) is 0. The number of halogens is 2. The van der Waals surface area contributed by atoms with E-state index in [0.717, 1.165) is 13.1 Å². The molecule has 0 unspecified atom stereocenters. The average Bonchev–Trinajstić information content (AvgIpc) is 2.28. The summed E-state index contributed by atoms with van der Waals surface area (Å²) < 4.78 is 10.6. The number of rotatable bonds is 2. The van der Waals surface area contributed by atoms with Crippen LogP contribution in [0.2, 0.25) is 0 Å². The standard InChI is InChI=1S/C10H16N4O2.2ClH/c1-10(2)6-14(4-5-16-10)8-11-7-12-9(13-8)15-3;;/h7H,4-6H2,1-3H3;2*1H. The van der Waals surface area contributed by atoms with Crippen LogP contribution in [0.3, 0.4) is 0 Å². The zero-order chi connectivity index (χ0) is 11.6. The zero-order valence-electron chi connectivity index (χ0n) is 10.6. The molecule has 0 aliphatic carbocycles. The van der Waals surface area contributed by atoms with Crippen LogP contribution in [0.5, 0.6) is 6.01 Å². The van der Waals surface area contributed by atoms with Crippen molar-refractivity contribution in [3.8, 4) is 6.01 Å². The summed E-state index contributed by atoms with van der Waals surface area (Å²) in [7, 11) is 1.54. The number of nitrogens with zero attached hydrogens (tertiary/aromatic N) is 4. The van der Waals surface area contributed by atoms with E-state index in [1.807, 2.05) is 0 Å². The predicted molar refractivity (Wildman–Crippen MR) is 73.1 cm³/mol. The van der Waals surface area contributed by atoms with E-state index in [2.05, 4.69) is 33.7 Å². The third-order valence-corrected chi connectivity index (χ3v) is 2.43. The molecule has 0 saturated carbocycles. The third kappa shape index (κ3) is 4.12. The van der Waals surface area contributed by atoms with Crippen molar-refractivity contribution in [2.24, 2.45) is 0 Å². The van der Waals surface area contributed by atoms with Crippen LogP contribution in [-0.2, 0) is 4.74 Å². The van der Waals surface area contributed by atoms with Gasteiger partial charge in [0, 0.05) is 13.1 Å². The lowest BCUT2D eigenvalue weighted by molar-refractivity contribution is -0.0281. The molecule has 2 heterocycles. The Morgan fingerprint density at radius 2 is 2.06 bits per heavy atom. The molecule has 0 radical (unpaired) electrons. The van der Waals surface area contributed by atoms with Gasteiger partial charge in [0.25, 0.3) is 0 Å².